The van der Waals surface area contributed by atoms with Gasteiger partial charge >= 0.3 is 6.03 Å². The van der Waals surface area contributed by atoms with Crippen LogP contribution in [0.4, 0.5) is 15.0 Å². The summed E-state index contributed by atoms with van der Waals surface area (Å²) >= 11 is 0. The number of nitrogens with two attached hydrogens (primary N) is 1. The van der Waals surface area contributed by atoms with Crippen molar-refractivity contribution in [1.82, 2.24) is 106 Å². The average Bonchev–Trinajstić information content (AvgIpc) is 0.855. The van der Waals surface area contributed by atoms with Gasteiger partial charge < -0.3 is 31.3 Å². The van der Waals surface area contributed by atoms with Crippen molar-refractivity contribution < 1.29 is 23.5 Å². The number of aromatic nitrogens is 17. The van der Waals surface area contributed by atoms with Crippen LogP contribution in [0.15, 0.2) is 104 Å². The molecule has 5 N–H and O–H groups in total. The molecule has 2 aliphatic rings. The van der Waals surface area contributed by atoms with Crippen LogP contribution in [0.1, 0.15) is 249 Å². The number of carbonyl (C=O) groups is 3. The second-order valence-corrected chi connectivity index (χ2v) is 27.7. The van der Waals surface area contributed by atoms with Crippen molar-refractivity contribution in [2.24, 2.45) is 13.0 Å². The molecule has 1 aliphatic heterocycles. The molecule has 2 fully saturated rings. The lowest BCUT2D eigenvalue weighted by Gasteiger charge is -2.21. The number of aryl methyl sites for hydroxylation is 3. The number of nitrogens with one attached hydrogen (secondary N) is 3. The van der Waals surface area contributed by atoms with Crippen LogP contribution >= 0.6 is 0 Å². The van der Waals surface area contributed by atoms with Crippen LogP contribution in [0.3, 0.4) is 0 Å². The maximum atomic E-state index is 12.9. The molecule has 1 aliphatic carbocycles. The minimum atomic E-state index is -0.271. The summed E-state index contributed by atoms with van der Waals surface area (Å²) in [6.45, 7) is 35.4. The quantitative estimate of drug-likeness (QED) is 0.0698. The lowest BCUT2D eigenvalue weighted by atomic mass is 9.89. The summed E-state index contributed by atoms with van der Waals surface area (Å²) in [5, 5.41) is 45.0. The molecule has 12 rings (SSSR count). The van der Waals surface area contributed by atoms with Crippen LogP contribution < -0.4 is 26.4 Å². The number of nitrogens with zero attached hydrogens (tertiary/aromatic N) is 19. The van der Waals surface area contributed by atoms with Crippen molar-refractivity contribution in [1.29, 1.82) is 5.26 Å². The van der Waals surface area contributed by atoms with Crippen LogP contribution in [-0.2, 0) is 7.05 Å². The number of fused-ring (bicyclic) bond motifs is 2. The number of amides is 4. The first-order valence-electron chi connectivity index (χ1n) is 36.1. The zero-order valence-corrected chi connectivity index (χ0v) is 64.6. The molecule has 0 radical (unpaired) electrons. The second kappa shape index (κ2) is 42.0. The van der Waals surface area contributed by atoms with Crippen LogP contribution in [0, 0.1) is 36.9 Å². The highest BCUT2D eigenvalue weighted by atomic mass is 19.1. The lowest BCUT2D eigenvalue weighted by molar-refractivity contribution is 0.0932. The normalized spacial score (nSPS) is 12.5. The van der Waals surface area contributed by atoms with E-state index in [1.54, 1.807) is 66.5 Å². The Kier molecular flexibility index (Phi) is 33.2. The van der Waals surface area contributed by atoms with Gasteiger partial charge in [0.15, 0.2) is 34.2 Å². The van der Waals surface area contributed by atoms with Gasteiger partial charge in [-0.2, -0.15) is 15.5 Å². The predicted octanol–water partition coefficient (Wildman–Crippen LogP) is 13.6. The van der Waals surface area contributed by atoms with Crippen molar-refractivity contribution in [2.75, 3.05) is 45.6 Å². The molecule has 4 amide bonds. The Morgan fingerprint density at radius 3 is 1.83 bits per heavy atom. The van der Waals surface area contributed by atoms with Gasteiger partial charge in [0.2, 0.25) is 0 Å². The average molecular weight is 1450 g/mol. The molecular weight excluding hydrogens is 1340 g/mol. The SMILES string of the molecule is CC(C)c1ccc(C(=O)NCC2CCCCC2)nn1.CC(C)c1ccc(C(=O)NCCN2CCNC2=O)nn1.CC(C)c1ncc2ccc(F)cc2n1.CC(C)c1nnnn1C.COc1cccc(-c2ccnc(C(C)C)n2)c1.Cc1nc(C(C)C)ccc1C#N.Cc1nc(N)c2nc(C(C)C)cnc2n1. The maximum Gasteiger partial charge on any atom is 0.317 e. The third-order valence-electron chi connectivity index (χ3n) is 16.7. The fourth-order valence-corrected chi connectivity index (χ4v) is 10.3. The first-order chi connectivity index (χ1) is 50.5. The van der Waals surface area contributed by atoms with Crippen LogP contribution in [0.2, 0.25) is 0 Å². The number of benzene rings is 2. The summed E-state index contributed by atoms with van der Waals surface area (Å²) in [5.74, 6) is 6.79. The van der Waals surface area contributed by atoms with E-state index in [1.165, 1.54) is 44.2 Å². The van der Waals surface area contributed by atoms with Crippen LogP contribution in [-0.4, -0.2) is 148 Å². The van der Waals surface area contributed by atoms with Gasteiger partial charge in [0.25, 0.3) is 11.8 Å². The number of hydrogen-bond acceptors (Lipinski definition) is 22. The first-order valence-corrected chi connectivity index (χ1v) is 36.1. The van der Waals surface area contributed by atoms with E-state index in [4.69, 9.17) is 15.7 Å². The van der Waals surface area contributed by atoms with Crippen molar-refractivity contribution in [3.63, 3.8) is 0 Å². The molecule has 1 saturated carbocycles. The number of halogens is 1. The van der Waals surface area contributed by atoms with Gasteiger partial charge in [0.1, 0.15) is 35.1 Å². The number of urea groups is 1. The van der Waals surface area contributed by atoms with Crippen molar-refractivity contribution in [2.45, 2.75) is 184 Å². The van der Waals surface area contributed by atoms with Gasteiger partial charge in [-0.3, -0.25) is 14.6 Å². The van der Waals surface area contributed by atoms with E-state index in [0.29, 0.717) is 107 Å². The Morgan fingerprint density at radius 2 is 1.29 bits per heavy atom. The van der Waals surface area contributed by atoms with Gasteiger partial charge in [0.05, 0.1) is 52.9 Å². The zero-order chi connectivity index (χ0) is 77.6. The fourth-order valence-electron chi connectivity index (χ4n) is 10.3. The summed E-state index contributed by atoms with van der Waals surface area (Å²) < 4.78 is 19.8. The molecule has 28 heteroatoms. The van der Waals surface area contributed by atoms with E-state index in [9.17, 15) is 18.8 Å². The zero-order valence-electron chi connectivity index (χ0n) is 64.6. The third-order valence-corrected chi connectivity index (χ3v) is 16.7. The molecule has 0 atom stereocenters. The Hall–Kier alpha value is -11.1. The largest absolute Gasteiger partial charge is 0.497 e. The molecule has 27 nitrogen and oxygen atoms in total. The van der Waals surface area contributed by atoms with E-state index in [2.05, 4.69) is 172 Å². The Morgan fingerprint density at radius 1 is 0.660 bits per heavy atom. The highest BCUT2D eigenvalue weighted by Gasteiger charge is 2.20. The van der Waals surface area contributed by atoms with Gasteiger partial charge in [-0.25, -0.2) is 53.7 Å². The maximum absolute atomic E-state index is 12.9. The minimum absolute atomic E-state index is 0.0830. The second-order valence-electron chi connectivity index (χ2n) is 27.7. The number of ether oxygens (including phenoxy) is 1. The van der Waals surface area contributed by atoms with Crippen LogP contribution in [0.25, 0.3) is 33.3 Å². The van der Waals surface area contributed by atoms with E-state index < -0.39 is 0 Å². The van der Waals surface area contributed by atoms with Gasteiger partial charge in [0, 0.05) is 92.6 Å². The number of nitriles is 1. The first kappa shape index (κ1) is 83.8. The summed E-state index contributed by atoms with van der Waals surface area (Å²) in [5.41, 5.74) is 15.5. The van der Waals surface area contributed by atoms with Crippen molar-refractivity contribution >= 4 is 45.7 Å². The Balaban J connectivity index is 0.000000196. The van der Waals surface area contributed by atoms with Crippen molar-refractivity contribution in [3.05, 3.63) is 178 Å². The number of methoxy groups -OCH3 is 1. The number of nitrogen functional groups attached to an aromatic ring is 1. The fraction of sp³-hybridized carbons (Fsp3) is 0.462. The highest BCUT2D eigenvalue weighted by Crippen LogP contribution is 2.26. The number of anilines is 1. The summed E-state index contributed by atoms with van der Waals surface area (Å²) in [6, 6.07) is 27.2. The number of rotatable bonds is 16. The Bertz CT molecular complexity index is 4460. The smallest absolute Gasteiger partial charge is 0.317 e. The summed E-state index contributed by atoms with van der Waals surface area (Å²) in [6.07, 6.45) is 11.7. The molecular formula is C78H104FN23O4. The molecule has 2 aromatic carbocycles. The van der Waals surface area contributed by atoms with E-state index >= 15 is 0 Å². The summed E-state index contributed by atoms with van der Waals surface area (Å²) in [4.78, 5) is 75.3. The van der Waals surface area contributed by atoms with E-state index in [-0.39, 0.29) is 35.5 Å². The van der Waals surface area contributed by atoms with E-state index in [0.717, 1.165) is 74.9 Å². The highest BCUT2D eigenvalue weighted by molar-refractivity contribution is 5.92. The number of pyridine rings is 1. The molecule has 0 spiro atoms. The van der Waals surface area contributed by atoms with E-state index in [1.807, 2.05) is 90.2 Å². The molecule has 9 heterocycles. The monoisotopic (exact) mass is 1450 g/mol. The Labute approximate surface area is 621 Å². The topological polar surface area (TPSA) is 361 Å². The van der Waals surface area contributed by atoms with Crippen molar-refractivity contribution in [3.8, 4) is 23.1 Å². The molecule has 8 aromatic heterocycles. The molecule has 0 bridgehead atoms. The minimum Gasteiger partial charge on any atom is -0.497 e. The number of hydrogen-bond donors (Lipinski definition) is 4. The van der Waals surface area contributed by atoms with Gasteiger partial charge in [-0.15, -0.1) is 15.3 Å². The predicted molar refractivity (Wildman–Crippen MR) is 409 cm³/mol. The van der Waals surface area contributed by atoms with Gasteiger partial charge in [-0.05, 0) is 133 Å². The molecule has 0 unspecified atom stereocenters. The lowest BCUT2D eigenvalue weighted by Crippen LogP contribution is -2.37. The molecule has 562 valence electrons. The third kappa shape index (κ3) is 26.5. The standard InChI is InChI=1S/C15H23N3O.C14H16N2O.C13H19N5O2.C11H11FN2.C10H13N5.C10H12N2.C5H10N4/c1-11(2)13-8-9-14(18-17-13)15(19)16-10-12-6-4-3-5-7-12;1-10(2)14-15-8-7-13(16-14)11-5-4-6-12(9-11)17-3;1-9(2)10-3-4-11(17-16-10)12(19)14-5-7-18-8-6-15-13(18)20;1-7(2)11-13-6-8-3-4-9(12)5-10(8)14-11;1-5(2)7-4-12-10-8(15-7)9(11)13-6(3)14-10;1-7(2)10-5-4-9(6-11)8(3)12-10;1-4(2)5-6-7-8-9(5)3/h8-9,11-12H,3-7,10H2,1-2H3,(H,16,19);4-10H,1-3H3;3-4,9H,5-8H2,1-2H3,(H,14,19)(H,15,20);3-7H,1-2H3;4-5H,1-3H3,(H2,11,12,13,14);4-5,7H,1-3H3;4H,1-3H3. The van der Waals surface area contributed by atoms with Gasteiger partial charge in [-0.1, -0.05) is 128 Å². The summed E-state index contributed by atoms with van der Waals surface area (Å²) in [7, 11) is 3.51. The molecule has 10 aromatic rings. The number of carbonyl (C=O) groups excluding carboxylic acids is 3. The molecule has 106 heavy (non-hydrogen) atoms. The van der Waals surface area contributed by atoms with Crippen LogP contribution in [0.5, 0.6) is 5.75 Å². The number of tetrazole rings is 1. The molecule has 1 saturated heterocycles.